The molecule has 0 aliphatic rings. The Labute approximate surface area is 107 Å². The average molecular weight is 398 g/mol. The first-order valence-corrected chi connectivity index (χ1v) is 6.58. The monoisotopic (exact) mass is 397 g/mol. The molecule has 86 valence electrons. The van der Waals surface area contributed by atoms with Crippen molar-refractivity contribution >= 4 is 38.5 Å². The predicted octanol–water partition coefficient (Wildman–Crippen LogP) is 3.22. The number of hydrogen-bond donors (Lipinski definition) is 0. The van der Waals surface area contributed by atoms with E-state index in [1.165, 1.54) is 13.2 Å². The van der Waals surface area contributed by atoms with Crippen LogP contribution in [0.3, 0.4) is 0 Å². The Hall–Kier alpha value is -0.0500. The zero-order valence-corrected chi connectivity index (χ0v) is 11.6. The van der Waals surface area contributed by atoms with Gasteiger partial charge in [0.15, 0.2) is 0 Å². The molecule has 0 atom stereocenters. The van der Waals surface area contributed by atoms with Crippen LogP contribution in [0, 0.1) is 0 Å². The van der Waals surface area contributed by atoms with Crippen molar-refractivity contribution < 1.29 is 13.2 Å². The molecule has 0 radical (unpaired) electrons. The van der Waals surface area contributed by atoms with E-state index in [-0.39, 0.29) is 4.47 Å². The molecule has 1 aromatic heterocycles. The molecule has 0 saturated heterocycles. The molecule has 1 aromatic rings. The van der Waals surface area contributed by atoms with Crippen molar-refractivity contribution in [2.45, 2.75) is 6.18 Å². The van der Waals surface area contributed by atoms with Gasteiger partial charge in [-0.3, -0.25) is 4.79 Å². The first-order chi connectivity index (χ1) is 6.82. The zero-order valence-electron chi connectivity index (χ0n) is 7.90. The number of nitrogens with zero attached hydrogens (tertiary/aromatic N) is 1. The van der Waals surface area contributed by atoms with E-state index in [1.807, 2.05) is 4.93 Å². The van der Waals surface area contributed by atoms with Crippen LogP contribution in [0.15, 0.2) is 21.5 Å². The summed E-state index contributed by atoms with van der Waals surface area (Å²) in [6, 6.07) is 0.766. The minimum Gasteiger partial charge on any atom is -0.317 e. The largest absolute Gasteiger partial charge is 0.421 e. The fourth-order valence-corrected chi connectivity index (χ4v) is 1.41. The Balaban J connectivity index is 0.000000921. The number of aromatic nitrogens is 1. The van der Waals surface area contributed by atoms with Gasteiger partial charge in [0.25, 0.3) is 5.56 Å². The van der Waals surface area contributed by atoms with Gasteiger partial charge in [-0.1, -0.05) is 22.6 Å². The number of halogens is 5. The van der Waals surface area contributed by atoms with Gasteiger partial charge in [0.05, 0.1) is 0 Å². The van der Waals surface area contributed by atoms with Crippen LogP contribution in [0.25, 0.3) is 0 Å². The predicted molar refractivity (Wildman–Crippen MR) is 64.3 cm³/mol. The summed E-state index contributed by atoms with van der Waals surface area (Å²) >= 11 is 5.03. The molecule has 1 rings (SSSR count). The number of rotatable bonds is 0. The van der Waals surface area contributed by atoms with Crippen molar-refractivity contribution in [3.05, 3.63) is 32.7 Å². The number of aryl methyl sites for hydroxylation is 1. The number of alkyl halides is 4. The fourth-order valence-electron chi connectivity index (χ4n) is 0.874. The molecule has 15 heavy (non-hydrogen) atoms. The molecule has 0 unspecified atom stereocenters. The molecule has 0 bridgehead atoms. The van der Waals surface area contributed by atoms with Crippen LogP contribution < -0.4 is 5.56 Å². The maximum atomic E-state index is 12.2. The molecule has 2 nitrogen and oxygen atoms in total. The molecule has 0 aromatic carbocycles. The van der Waals surface area contributed by atoms with E-state index >= 15 is 0 Å². The van der Waals surface area contributed by atoms with Gasteiger partial charge in [-0.2, -0.15) is 13.2 Å². The van der Waals surface area contributed by atoms with Crippen LogP contribution in [-0.4, -0.2) is 9.50 Å². The highest BCUT2D eigenvalue weighted by Crippen LogP contribution is 2.27. The van der Waals surface area contributed by atoms with Gasteiger partial charge in [-0.15, -0.1) is 0 Å². The van der Waals surface area contributed by atoms with Crippen molar-refractivity contribution in [1.29, 1.82) is 0 Å². The van der Waals surface area contributed by atoms with Gasteiger partial charge in [0.1, 0.15) is 5.56 Å². The van der Waals surface area contributed by atoms with Crippen LogP contribution in [0.5, 0.6) is 0 Å². The van der Waals surface area contributed by atoms with E-state index < -0.39 is 17.3 Å². The standard InChI is InChI=1S/C7H5BrF3NO.CH3I/c1-12-3-4(8)2-5(6(12)13)7(9,10)11;1-2/h2-3H,1H3;1H3. The molecule has 0 spiro atoms. The highest BCUT2D eigenvalue weighted by atomic mass is 127. The summed E-state index contributed by atoms with van der Waals surface area (Å²) < 4.78 is 37.6. The summed E-state index contributed by atoms with van der Waals surface area (Å²) in [6.45, 7) is 0. The van der Waals surface area contributed by atoms with Gasteiger partial charge >= 0.3 is 6.18 Å². The maximum absolute atomic E-state index is 12.2. The molecule has 0 saturated carbocycles. The molecular weight excluding hydrogens is 390 g/mol. The number of pyridine rings is 1. The SMILES string of the molecule is CI.Cn1cc(Br)cc(C(F)(F)F)c1=O. The Morgan fingerprint density at radius 1 is 1.40 bits per heavy atom. The normalized spacial score (nSPS) is 10.6. The number of hydrogen-bond acceptors (Lipinski definition) is 1. The van der Waals surface area contributed by atoms with E-state index in [0.717, 1.165) is 10.6 Å². The van der Waals surface area contributed by atoms with Crippen molar-refractivity contribution in [1.82, 2.24) is 4.57 Å². The highest BCUT2D eigenvalue weighted by molar-refractivity contribution is 14.1. The second kappa shape index (κ2) is 5.88. The van der Waals surface area contributed by atoms with Gasteiger partial charge in [0, 0.05) is 17.7 Å². The third-order valence-corrected chi connectivity index (χ3v) is 1.89. The lowest BCUT2D eigenvalue weighted by atomic mass is 10.3. The highest BCUT2D eigenvalue weighted by Gasteiger charge is 2.34. The second-order valence-electron chi connectivity index (χ2n) is 2.49. The van der Waals surface area contributed by atoms with Crippen molar-refractivity contribution in [2.75, 3.05) is 4.93 Å². The van der Waals surface area contributed by atoms with Gasteiger partial charge in [-0.25, -0.2) is 0 Å². The molecule has 0 fully saturated rings. The van der Waals surface area contributed by atoms with Gasteiger partial charge in [-0.05, 0) is 26.9 Å². The Morgan fingerprint density at radius 3 is 2.27 bits per heavy atom. The quantitative estimate of drug-likeness (QED) is 0.486. The Morgan fingerprint density at radius 2 is 1.87 bits per heavy atom. The second-order valence-corrected chi connectivity index (χ2v) is 3.40. The Bertz CT molecular complexity index is 388. The fraction of sp³-hybridized carbons (Fsp3) is 0.375. The molecule has 0 aliphatic carbocycles. The minimum atomic E-state index is -4.60. The third-order valence-electron chi connectivity index (χ3n) is 1.46. The van der Waals surface area contributed by atoms with Crippen molar-refractivity contribution in [3.8, 4) is 0 Å². The van der Waals surface area contributed by atoms with Crippen LogP contribution in [-0.2, 0) is 13.2 Å². The van der Waals surface area contributed by atoms with E-state index in [2.05, 4.69) is 38.5 Å². The topological polar surface area (TPSA) is 22.0 Å². The summed E-state index contributed by atoms with van der Waals surface area (Å²) in [5.74, 6) is 0. The first-order valence-electron chi connectivity index (χ1n) is 3.63. The van der Waals surface area contributed by atoms with Gasteiger partial charge in [0.2, 0.25) is 0 Å². The van der Waals surface area contributed by atoms with Crippen LogP contribution in [0.2, 0.25) is 0 Å². The molecule has 0 aliphatic heterocycles. The average Bonchev–Trinajstić information content (AvgIpc) is 2.13. The lowest BCUT2D eigenvalue weighted by Gasteiger charge is -2.07. The minimum absolute atomic E-state index is 0.224. The van der Waals surface area contributed by atoms with E-state index in [9.17, 15) is 18.0 Å². The molecule has 0 N–H and O–H groups in total. The molecule has 1 heterocycles. The summed E-state index contributed by atoms with van der Waals surface area (Å²) in [4.78, 5) is 13.0. The summed E-state index contributed by atoms with van der Waals surface area (Å²) in [5.41, 5.74) is -2.21. The maximum Gasteiger partial charge on any atom is 0.421 e. The van der Waals surface area contributed by atoms with E-state index in [0.29, 0.717) is 0 Å². The lowest BCUT2D eigenvalue weighted by molar-refractivity contribution is -0.139. The molecule has 7 heteroatoms. The van der Waals surface area contributed by atoms with Crippen molar-refractivity contribution in [3.63, 3.8) is 0 Å². The summed E-state index contributed by atoms with van der Waals surface area (Å²) in [7, 11) is 1.27. The van der Waals surface area contributed by atoms with Crippen LogP contribution in [0.4, 0.5) is 13.2 Å². The van der Waals surface area contributed by atoms with Crippen LogP contribution in [0.1, 0.15) is 5.56 Å². The summed E-state index contributed by atoms with van der Waals surface area (Å²) in [5, 5.41) is 0. The first kappa shape index (κ1) is 14.9. The summed E-state index contributed by atoms with van der Waals surface area (Å²) in [6.07, 6.45) is -3.32. The van der Waals surface area contributed by atoms with E-state index in [4.69, 9.17) is 0 Å². The lowest BCUT2D eigenvalue weighted by Crippen LogP contribution is -2.26. The van der Waals surface area contributed by atoms with E-state index in [1.54, 1.807) is 0 Å². The Kier molecular flexibility index (Phi) is 5.86. The zero-order chi connectivity index (χ0) is 12.2. The van der Waals surface area contributed by atoms with Crippen LogP contribution >= 0.6 is 38.5 Å². The smallest absolute Gasteiger partial charge is 0.317 e. The van der Waals surface area contributed by atoms with Crippen molar-refractivity contribution in [2.24, 2.45) is 7.05 Å². The van der Waals surface area contributed by atoms with Gasteiger partial charge < -0.3 is 4.57 Å². The molecular formula is C8H8BrF3INO. The third kappa shape index (κ3) is 4.13. The molecule has 0 amide bonds.